The first kappa shape index (κ1) is 9.36. The summed E-state index contributed by atoms with van der Waals surface area (Å²) >= 11 is 1.85. The average molecular weight is 175 g/mol. The van der Waals surface area contributed by atoms with Crippen LogP contribution in [-0.4, -0.2) is 35.8 Å². The first-order valence-corrected chi connectivity index (χ1v) is 5.51. The normalized spacial score (nSPS) is 25.4. The van der Waals surface area contributed by atoms with E-state index in [0.717, 1.165) is 5.75 Å². The molecular weight excluding hydrogens is 158 g/mol. The molecule has 0 spiro atoms. The monoisotopic (exact) mass is 175 g/mol. The smallest absolute Gasteiger partial charge is 0.0521 e. The van der Waals surface area contributed by atoms with Crippen molar-refractivity contribution in [2.45, 2.75) is 25.3 Å². The maximum Gasteiger partial charge on any atom is 0.0521 e. The van der Waals surface area contributed by atoms with Crippen LogP contribution in [0, 0.1) is 0 Å². The van der Waals surface area contributed by atoms with E-state index in [9.17, 15) is 0 Å². The van der Waals surface area contributed by atoms with Crippen molar-refractivity contribution < 1.29 is 5.11 Å². The van der Waals surface area contributed by atoms with Gasteiger partial charge in [-0.25, -0.2) is 0 Å². The van der Waals surface area contributed by atoms with Crippen LogP contribution in [0.1, 0.15) is 19.3 Å². The van der Waals surface area contributed by atoms with E-state index in [0.29, 0.717) is 12.6 Å². The van der Waals surface area contributed by atoms with Crippen molar-refractivity contribution in [1.82, 2.24) is 5.32 Å². The Morgan fingerprint density at radius 2 is 2.36 bits per heavy atom. The second kappa shape index (κ2) is 5.86. The highest BCUT2D eigenvalue weighted by molar-refractivity contribution is 7.99. The van der Waals surface area contributed by atoms with Crippen molar-refractivity contribution in [3.05, 3.63) is 0 Å². The van der Waals surface area contributed by atoms with Gasteiger partial charge in [-0.2, -0.15) is 11.8 Å². The van der Waals surface area contributed by atoms with Crippen LogP contribution in [0.4, 0.5) is 0 Å². The Kier molecular flexibility index (Phi) is 4.99. The lowest BCUT2D eigenvalue weighted by atomic mass is 10.1. The second-order valence-electron chi connectivity index (χ2n) is 2.95. The fourth-order valence-electron chi connectivity index (χ4n) is 1.36. The lowest BCUT2D eigenvalue weighted by molar-refractivity contribution is 0.322. The summed E-state index contributed by atoms with van der Waals surface area (Å²) in [5.74, 6) is 2.05. The van der Waals surface area contributed by atoms with E-state index < -0.39 is 0 Å². The maximum atomic E-state index is 8.55. The van der Waals surface area contributed by atoms with Crippen molar-refractivity contribution >= 4 is 11.8 Å². The summed E-state index contributed by atoms with van der Waals surface area (Å²) in [5, 5.41) is 12.0. The van der Waals surface area contributed by atoms with Crippen molar-refractivity contribution in [3.8, 4) is 0 Å². The van der Waals surface area contributed by atoms with Gasteiger partial charge in [-0.1, -0.05) is 6.42 Å². The minimum Gasteiger partial charge on any atom is -0.396 e. The highest BCUT2D eigenvalue weighted by Gasteiger charge is 2.11. The van der Waals surface area contributed by atoms with E-state index >= 15 is 0 Å². The third-order valence-corrected chi connectivity index (χ3v) is 3.08. The zero-order chi connectivity index (χ0) is 7.94. The van der Waals surface area contributed by atoms with Gasteiger partial charge in [-0.3, -0.25) is 0 Å². The molecule has 0 aromatic heterocycles. The molecule has 0 aromatic carbocycles. The van der Waals surface area contributed by atoms with Gasteiger partial charge in [0.2, 0.25) is 0 Å². The lowest BCUT2D eigenvalue weighted by Crippen LogP contribution is -2.35. The van der Waals surface area contributed by atoms with Crippen molar-refractivity contribution in [3.63, 3.8) is 0 Å². The number of rotatable bonds is 4. The molecule has 0 saturated carbocycles. The van der Waals surface area contributed by atoms with Crippen LogP contribution in [0.25, 0.3) is 0 Å². The molecule has 1 unspecified atom stereocenters. The number of aliphatic hydroxyl groups excluding tert-OH is 1. The summed E-state index contributed by atoms with van der Waals surface area (Å²) in [6.45, 7) is 1.50. The van der Waals surface area contributed by atoms with E-state index in [2.05, 4.69) is 5.32 Å². The quantitative estimate of drug-likeness (QED) is 0.621. The third-order valence-electron chi connectivity index (χ3n) is 1.97. The number of hydrogen-bond donors (Lipinski definition) is 2. The molecule has 0 radical (unpaired) electrons. The average Bonchev–Trinajstić information content (AvgIpc) is 2.07. The van der Waals surface area contributed by atoms with E-state index in [1.165, 1.54) is 31.6 Å². The van der Waals surface area contributed by atoms with Crippen molar-refractivity contribution in [1.29, 1.82) is 0 Å². The lowest BCUT2D eigenvalue weighted by Gasteiger charge is -2.22. The van der Waals surface area contributed by atoms with Gasteiger partial charge in [0.1, 0.15) is 0 Å². The van der Waals surface area contributed by atoms with Crippen LogP contribution in [0.3, 0.4) is 0 Å². The molecule has 1 heterocycles. The van der Waals surface area contributed by atoms with Crippen LogP contribution in [0.15, 0.2) is 0 Å². The fourth-order valence-corrected chi connectivity index (χ4v) is 2.22. The predicted octanol–water partition coefficient (Wildman–Crippen LogP) is 0.854. The Balaban J connectivity index is 1.96. The third kappa shape index (κ3) is 3.99. The van der Waals surface area contributed by atoms with Gasteiger partial charge in [-0.15, -0.1) is 0 Å². The predicted molar refractivity (Wildman–Crippen MR) is 50.1 cm³/mol. The van der Waals surface area contributed by atoms with Gasteiger partial charge in [0.15, 0.2) is 0 Å². The van der Waals surface area contributed by atoms with Gasteiger partial charge in [-0.05, 0) is 19.4 Å². The first-order chi connectivity index (χ1) is 5.43. The summed E-state index contributed by atoms with van der Waals surface area (Å²) in [6, 6.07) is 0.709. The summed E-state index contributed by atoms with van der Waals surface area (Å²) in [6.07, 6.45) is 4.02. The van der Waals surface area contributed by atoms with E-state index in [-0.39, 0.29) is 0 Å². The van der Waals surface area contributed by atoms with Crippen molar-refractivity contribution in [2.24, 2.45) is 0 Å². The summed E-state index contributed by atoms with van der Waals surface area (Å²) in [7, 11) is 0. The molecule has 0 amide bonds. The molecule has 2 N–H and O–H groups in total. The standard InChI is InChI=1S/C8H17NOS/c10-5-6-11-7-8-3-1-2-4-9-8/h8-10H,1-7H2. The summed E-state index contributed by atoms with van der Waals surface area (Å²) < 4.78 is 0. The SMILES string of the molecule is OCCSCC1CCCCN1. The number of piperidine rings is 1. The number of nitrogens with one attached hydrogen (secondary N) is 1. The zero-order valence-electron chi connectivity index (χ0n) is 6.88. The van der Waals surface area contributed by atoms with Crippen LogP contribution < -0.4 is 5.32 Å². The van der Waals surface area contributed by atoms with E-state index in [1.54, 1.807) is 0 Å². The molecule has 1 rings (SSSR count). The molecule has 1 atom stereocenters. The Bertz CT molecular complexity index is 94.1. The molecule has 0 aromatic rings. The molecule has 11 heavy (non-hydrogen) atoms. The number of aliphatic hydroxyl groups is 1. The zero-order valence-corrected chi connectivity index (χ0v) is 7.70. The molecule has 66 valence electrons. The van der Waals surface area contributed by atoms with Gasteiger partial charge >= 0.3 is 0 Å². The Morgan fingerprint density at radius 3 is 3.00 bits per heavy atom. The topological polar surface area (TPSA) is 32.3 Å². The first-order valence-electron chi connectivity index (χ1n) is 4.35. The largest absolute Gasteiger partial charge is 0.396 e. The van der Waals surface area contributed by atoms with Gasteiger partial charge < -0.3 is 10.4 Å². The highest BCUT2D eigenvalue weighted by Crippen LogP contribution is 2.11. The molecule has 1 fully saturated rings. The molecule has 1 aliphatic rings. The molecule has 1 aliphatic heterocycles. The van der Waals surface area contributed by atoms with Gasteiger partial charge in [0.05, 0.1) is 6.61 Å². The van der Waals surface area contributed by atoms with Gasteiger partial charge in [0.25, 0.3) is 0 Å². The molecule has 0 bridgehead atoms. The molecular formula is C8H17NOS. The maximum absolute atomic E-state index is 8.55. The van der Waals surface area contributed by atoms with Crippen LogP contribution in [0.2, 0.25) is 0 Å². The summed E-state index contributed by atoms with van der Waals surface area (Å²) in [4.78, 5) is 0. The molecule has 2 nitrogen and oxygen atoms in total. The second-order valence-corrected chi connectivity index (χ2v) is 4.10. The van der Waals surface area contributed by atoms with Crippen LogP contribution in [0.5, 0.6) is 0 Å². The van der Waals surface area contributed by atoms with E-state index in [1.807, 2.05) is 11.8 Å². The van der Waals surface area contributed by atoms with Crippen LogP contribution in [-0.2, 0) is 0 Å². The fraction of sp³-hybridized carbons (Fsp3) is 1.00. The molecule has 3 heteroatoms. The minimum absolute atomic E-state index is 0.317. The van der Waals surface area contributed by atoms with Crippen molar-refractivity contribution in [2.75, 3.05) is 24.7 Å². The summed E-state index contributed by atoms with van der Waals surface area (Å²) in [5.41, 5.74) is 0. The Morgan fingerprint density at radius 1 is 1.45 bits per heavy atom. The number of hydrogen-bond acceptors (Lipinski definition) is 3. The minimum atomic E-state index is 0.317. The number of thioether (sulfide) groups is 1. The molecule has 1 saturated heterocycles. The van der Waals surface area contributed by atoms with Crippen LogP contribution >= 0.6 is 11.8 Å². The van der Waals surface area contributed by atoms with E-state index in [4.69, 9.17) is 5.11 Å². The molecule has 0 aliphatic carbocycles. The highest BCUT2D eigenvalue weighted by atomic mass is 32.2. The Hall–Kier alpha value is 0.270. The van der Waals surface area contributed by atoms with Gasteiger partial charge in [0, 0.05) is 17.5 Å². The Labute approximate surface area is 72.8 Å².